The summed E-state index contributed by atoms with van der Waals surface area (Å²) in [5, 5.41) is 2.78. The number of hydrogen-bond acceptors (Lipinski definition) is 7. The summed E-state index contributed by atoms with van der Waals surface area (Å²) in [4.78, 5) is 27.8. The molecule has 1 N–H and O–H groups in total. The van der Waals surface area contributed by atoms with Crippen LogP contribution >= 0.6 is 27.5 Å². The maximum absolute atomic E-state index is 14.2. The lowest BCUT2D eigenvalue weighted by Crippen LogP contribution is -2.50. The van der Waals surface area contributed by atoms with Crippen LogP contribution in [0.5, 0.6) is 17.2 Å². The molecule has 0 saturated carbocycles. The highest BCUT2D eigenvalue weighted by Gasteiger charge is 2.34. The van der Waals surface area contributed by atoms with E-state index in [1.54, 1.807) is 25.1 Å². The second-order valence-electron chi connectivity index (χ2n) is 8.78. The minimum absolute atomic E-state index is 0.0410. The van der Waals surface area contributed by atoms with Crippen molar-refractivity contribution in [3.63, 3.8) is 0 Å². The van der Waals surface area contributed by atoms with Gasteiger partial charge in [0.15, 0.2) is 11.5 Å². The number of ether oxygens (including phenoxy) is 3. The van der Waals surface area contributed by atoms with Gasteiger partial charge >= 0.3 is 0 Å². The number of sulfonamides is 1. The number of amides is 2. The van der Waals surface area contributed by atoms with Gasteiger partial charge in [0.2, 0.25) is 11.8 Å². The Hall–Kier alpha value is -3.48. The first-order valence-electron chi connectivity index (χ1n) is 12.3. The Balaban J connectivity index is 2.14. The predicted molar refractivity (Wildman–Crippen MR) is 160 cm³/mol. The Kier molecular flexibility index (Phi) is 10.9. The Bertz CT molecular complexity index is 1500. The molecular weight excluding hydrogens is 638 g/mol. The third-order valence-electron chi connectivity index (χ3n) is 6.31. The van der Waals surface area contributed by atoms with E-state index in [9.17, 15) is 18.0 Å². The van der Waals surface area contributed by atoms with Crippen molar-refractivity contribution in [1.82, 2.24) is 10.2 Å². The third kappa shape index (κ3) is 7.43. The maximum Gasteiger partial charge on any atom is 0.265 e. The molecular formula is C28H31BrClN3O7S. The van der Waals surface area contributed by atoms with E-state index >= 15 is 0 Å². The van der Waals surface area contributed by atoms with Crippen LogP contribution in [-0.2, 0) is 26.2 Å². The number of rotatable bonds is 12. The van der Waals surface area contributed by atoms with Crippen LogP contribution in [0.2, 0.25) is 5.02 Å². The summed E-state index contributed by atoms with van der Waals surface area (Å²) >= 11 is 9.65. The number of methoxy groups -OCH3 is 3. The molecule has 3 aromatic carbocycles. The zero-order chi connectivity index (χ0) is 30.3. The summed E-state index contributed by atoms with van der Waals surface area (Å²) in [7, 11) is 1.24. The molecule has 10 nitrogen and oxygen atoms in total. The van der Waals surface area contributed by atoms with E-state index in [1.807, 2.05) is 12.1 Å². The fourth-order valence-corrected chi connectivity index (χ4v) is 5.92. The fraction of sp³-hybridized carbons (Fsp3) is 0.286. The van der Waals surface area contributed by atoms with E-state index in [0.717, 1.165) is 14.3 Å². The standard InChI is InChI=1S/C28H31BrClN3O7S/c1-18(28(35)31-2)32(16-19-6-8-20(29)9-7-19)27(34)17-33(23-14-21(30)10-12-24(23)38-3)41(36,37)22-11-13-25(39-4)26(15-22)40-5/h6-15,18H,16-17H2,1-5H3,(H,31,35)/t18-/m0/s1. The van der Waals surface area contributed by atoms with E-state index in [4.69, 9.17) is 25.8 Å². The van der Waals surface area contributed by atoms with Crippen molar-refractivity contribution in [3.8, 4) is 17.2 Å². The summed E-state index contributed by atoms with van der Waals surface area (Å²) < 4.78 is 46.1. The minimum Gasteiger partial charge on any atom is -0.495 e. The number of halogens is 2. The molecule has 0 radical (unpaired) electrons. The normalized spacial score (nSPS) is 11.8. The highest BCUT2D eigenvalue weighted by molar-refractivity contribution is 9.10. The fourth-order valence-electron chi connectivity index (χ4n) is 4.05. The van der Waals surface area contributed by atoms with Crippen molar-refractivity contribution in [2.45, 2.75) is 24.4 Å². The summed E-state index contributed by atoms with van der Waals surface area (Å²) in [6.07, 6.45) is 0. The highest BCUT2D eigenvalue weighted by atomic mass is 79.9. The Labute approximate surface area is 253 Å². The molecule has 0 aliphatic heterocycles. The van der Waals surface area contributed by atoms with Gasteiger partial charge in [0.1, 0.15) is 18.3 Å². The maximum atomic E-state index is 14.2. The first-order chi connectivity index (χ1) is 19.5. The lowest BCUT2D eigenvalue weighted by atomic mass is 10.1. The Morgan fingerprint density at radius 2 is 1.54 bits per heavy atom. The van der Waals surface area contributed by atoms with Gasteiger partial charge in [-0.05, 0) is 55.0 Å². The van der Waals surface area contributed by atoms with Crippen LogP contribution < -0.4 is 23.8 Å². The van der Waals surface area contributed by atoms with Crippen LogP contribution in [-0.4, -0.2) is 66.1 Å². The van der Waals surface area contributed by atoms with E-state index < -0.39 is 34.4 Å². The van der Waals surface area contributed by atoms with E-state index in [1.165, 1.54) is 63.6 Å². The number of nitrogens with one attached hydrogen (secondary N) is 1. The SMILES string of the molecule is CNC(=O)[C@H](C)N(Cc1ccc(Br)cc1)C(=O)CN(c1cc(Cl)ccc1OC)S(=O)(=O)c1ccc(OC)c(OC)c1. The summed E-state index contributed by atoms with van der Waals surface area (Å²) in [5.41, 5.74) is 0.784. The second kappa shape index (κ2) is 13.9. The van der Waals surface area contributed by atoms with Crippen LogP contribution in [0.1, 0.15) is 12.5 Å². The molecule has 3 rings (SSSR count). The number of nitrogens with zero attached hydrogens (tertiary/aromatic N) is 2. The van der Waals surface area contributed by atoms with Gasteiger partial charge in [0, 0.05) is 29.2 Å². The molecule has 0 unspecified atom stereocenters. The molecule has 0 bridgehead atoms. The van der Waals surface area contributed by atoms with E-state index in [0.29, 0.717) is 5.75 Å². The molecule has 0 saturated heterocycles. The monoisotopic (exact) mass is 667 g/mol. The van der Waals surface area contributed by atoms with Crippen molar-refractivity contribution in [1.29, 1.82) is 0 Å². The largest absolute Gasteiger partial charge is 0.495 e. The van der Waals surface area contributed by atoms with Gasteiger partial charge < -0.3 is 24.4 Å². The molecule has 2 amide bonds. The van der Waals surface area contributed by atoms with E-state index in [2.05, 4.69) is 21.2 Å². The van der Waals surface area contributed by atoms with Gasteiger partial charge in [0.05, 0.1) is 31.9 Å². The van der Waals surface area contributed by atoms with Crippen molar-refractivity contribution in [2.75, 3.05) is 39.2 Å². The summed E-state index contributed by atoms with van der Waals surface area (Å²) in [5.74, 6) is -0.359. The van der Waals surface area contributed by atoms with Gasteiger partial charge in [-0.15, -0.1) is 0 Å². The average Bonchev–Trinajstić information content (AvgIpc) is 2.98. The molecule has 0 aromatic heterocycles. The molecule has 0 heterocycles. The molecule has 13 heteroatoms. The average molecular weight is 669 g/mol. The van der Waals surface area contributed by atoms with Gasteiger partial charge in [-0.3, -0.25) is 13.9 Å². The lowest BCUT2D eigenvalue weighted by Gasteiger charge is -2.32. The molecule has 220 valence electrons. The van der Waals surface area contributed by atoms with Crippen LogP contribution in [0.25, 0.3) is 0 Å². The molecule has 1 atom stereocenters. The van der Waals surface area contributed by atoms with Crippen LogP contribution in [0.3, 0.4) is 0 Å². The number of carbonyl (C=O) groups excluding carboxylic acids is 2. The number of benzene rings is 3. The van der Waals surface area contributed by atoms with Gasteiger partial charge in [-0.1, -0.05) is 39.7 Å². The van der Waals surface area contributed by atoms with Crippen LogP contribution in [0, 0.1) is 0 Å². The first kappa shape index (κ1) is 32.0. The number of likely N-dealkylation sites (N-methyl/N-ethyl adjacent to an activating group) is 1. The molecule has 0 aliphatic rings. The van der Waals surface area contributed by atoms with Crippen molar-refractivity contribution in [2.24, 2.45) is 0 Å². The first-order valence-corrected chi connectivity index (χ1v) is 14.9. The lowest BCUT2D eigenvalue weighted by molar-refractivity contribution is -0.139. The Morgan fingerprint density at radius 1 is 0.927 bits per heavy atom. The molecule has 0 spiro atoms. The molecule has 0 fully saturated rings. The number of anilines is 1. The van der Waals surface area contributed by atoms with Crippen molar-refractivity contribution >= 4 is 55.1 Å². The van der Waals surface area contributed by atoms with E-state index in [-0.39, 0.29) is 33.6 Å². The number of carbonyl (C=O) groups is 2. The quantitative estimate of drug-likeness (QED) is 0.303. The zero-order valence-corrected chi connectivity index (χ0v) is 26.3. The predicted octanol–water partition coefficient (Wildman–Crippen LogP) is 4.49. The zero-order valence-electron chi connectivity index (χ0n) is 23.2. The van der Waals surface area contributed by atoms with Crippen molar-refractivity contribution < 1.29 is 32.2 Å². The third-order valence-corrected chi connectivity index (χ3v) is 8.83. The van der Waals surface area contributed by atoms with Gasteiger partial charge in [0.25, 0.3) is 10.0 Å². The molecule has 0 aliphatic carbocycles. The van der Waals surface area contributed by atoms with Crippen LogP contribution in [0.4, 0.5) is 5.69 Å². The topological polar surface area (TPSA) is 114 Å². The smallest absolute Gasteiger partial charge is 0.265 e. The Morgan fingerprint density at radius 3 is 2.12 bits per heavy atom. The van der Waals surface area contributed by atoms with Crippen LogP contribution in [0.15, 0.2) is 70.0 Å². The van der Waals surface area contributed by atoms with Gasteiger partial charge in [-0.25, -0.2) is 8.42 Å². The summed E-state index contributed by atoms with van der Waals surface area (Å²) in [6.45, 7) is 0.964. The number of hydrogen-bond donors (Lipinski definition) is 1. The van der Waals surface area contributed by atoms with Crippen molar-refractivity contribution in [3.05, 3.63) is 75.7 Å². The second-order valence-corrected chi connectivity index (χ2v) is 12.0. The molecule has 41 heavy (non-hydrogen) atoms. The minimum atomic E-state index is -4.41. The summed E-state index contributed by atoms with van der Waals surface area (Å²) in [6, 6.07) is 14.9. The molecule has 3 aromatic rings. The highest BCUT2D eigenvalue weighted by Crippen LogP contribution is 2.37. The van der Waals surface area contributed by atoms with Gasteiger partial charge in [-0.2, -0.15) is 0 Å².